The molecule has 0 aliphatic carbocycles. The van der Waals surface area contributed by atoms with E-state index in [1.165, 1.54) is 0 Å². The molecule has 0 aromatic rings. The number of fused-ring (bicyclic) bond motifs is 1. The summed E-state index contributed by atoms with van der Waals surface area (Å²) in [5.74, 6) is -2.63. The average molecular weight is 340 g/mol. The number of carboxylic acid groups (broad SMARTS) is 1. The van der Waals surface area contributed by atoms with Gasteiger partial charge in [0.1, 0.15) is 5.70 Å². The Labute approximate surface area is 138 Å². The molecule has 0 radical (unpaired) electrons. The van der Waals surface area contributed by atoms with Crippen molar-refractivity contribution in [2.75, 3.05) is 13.7 Å². The molecule has 1 fully saturated rings. The first-order valence-corrected chi connectivity index (χ1v) is 7.70. The van der Waals surface area contributed by atoms with E-state index in [1.807, 2.05) is 6.92 Å². The maximum atomic E-state index is 11.9. The van der Waals surface area contributed by atoms with Gasteiger partial charge in [0.25, 0.3) is 0 Å². The number of esters is 1. The molecule has 2 aliphatic rings. The molecule has 2 amide bonds. The van der Waals surface area contributed by atoms with Crippen LogP contribution in [0.2, 0.25) is 0 Å². The molecule has 0 aromatic carbocycles. The van der Waals surface area contributed by atoms with Crippen LogP contribution in [0.5, 0.6) is 0 Å². The van der Waals surface area contributed by atoms with E-state index in [-0.39, 0.29) is 30.7 Å². The number of amides is 2. The molecule has 2 aliphatic heterocycles. The number of β-lactam (4-membered cyclic amide) rings is 1. The van der Waals surface area contributed by atoms with Gasteiger partial charge in [0.2, 0.25) is 5.91 Å². The number of methoxy groups -OCH3 is 1. The Balaban J connectivity index is 2.19. The summed E-state index contributed by atoms with van der Waals surface area (Å²) in [6.45, 7) is 2.23. The summed E-state index contributed by atoms with van der Waals surface area (Å²) in [5, 5.41) is 11.9. The minimum atomic E-state index is -1.38. The van der Waals surface area contributed by atoms with Gasteiger partial charge in [0.05, 0.1) is 37.8 Å². The summed E-state index contributed by atoms with van der Waals surface area (Å²) in [4.78, 5) is 48.0. The number of carbonyl (C=O) groups is 4. The van der Waals surface area contributed by atoms with Gasteiger partial charge in [-0.2, -0.15) is 0 Å². The lowest BCUT2D eigenvalue weighted by Gasteiger charge is -2.48. The van der Waals surface area contributed by atoms with Crippen molar-refractivity contribution in [1.29, 1.82) is 0 Å². The first-order chi connectivity index (χ1) is 11.4. The van der Waals surface area contributed by atoms with Crippen LogP contribution in [0.25, 0.3) is 0 Å². The monoisotopic (exact) mass is 340 g/mol. The molecule has 0 aromatic heterocycles. The molecule has 2 heterocycles. The van der Waals surface area contributed by atoms with Gasteiger partial charge in [0.15, 0.2) is 0 Å². The van der Waals surface area contributed by atoms with Crippen molar-refractivity contribution in [2.45, 2.75) is 44.7 Å². The molecule has 24 heavy (non-hydrogen) atoms. The number of hydrogen-bond acceptors (Lipinski definition) is 6. The zero-order chi connectivity index (χ0) is 17.9. The maximum Gasteiger partial charge on any atom is 0.407 e. The Morgan fingerprint density at radius 3 is 2.58 bits per heavy atom. The summed E-state index contributed by atoms with van der Waals surface area (Å²) in [6.07, 6.45) is 1.01. The van der Waals surface area contributed by atoms with E-state index in [4.69, 9.17) is 4.74 Å². The lowest BCUT2D eigenvalue weighted by molar-refractivity contribution is -0.152. The lowest BCUT2D eigenvalue weighted by atomic mass is 9.83. The molecule has 1 saturated heterocycles. The SMILES string of the molecule is CCCCOC(=O)NC1CC(C(=O)OC)=C(C(=O)O)N2C(=O)C[C@@H]12. The van der Waals surface area contributed by atoms with Crippen LogP contribution in [-0.4, -0.2) is 59.7 Å². The second kappa shape index (κ2) is 7.33. The highest BCUT2D eigenvalue weighted by molar-refractivity contribution is 6.04. The van der Waals surface area contributed by atoms with Gasteiger partial charge in [-0.3, -0.25) is 9.69 Å². The number of carbonyl (C=O) groups excluding carboxylic acids is 3. The quantitative estimate of drug-likeness (QED) is 0.407. The van der Waals surface area contributed by atoms with Crippen LogP contribution in [0.3, 0.4) is 0 Å². The zero-order valence-corrected chi connectivity index (χ0v) is 13.5. The third-order valence-electron chi connectivity index (χ3n) is 4.07. The van der Waals surface area contributed by atoms with E-state index in [0.29, 0.717) is 0 Å². The molecule has 0 bridgehead atoms. The molecular formula is C15H20N2O7. The fourth-order valence-electron chi connectivity index (χ4n) is 2.84. The molecule has 9 heteroatoms. The van der Waals surface area contributed by atoms with Gasteiger partial charge in [0, 0.05) is 6.42 Å². The van der Waals surface area contributed by atoms with Crippen molar-refractivity contribution in [1.82, 2.24) is 10.2 Å². The Morgan fingerprint density at radius 1 is 1.33 bits per heavy atom. The van der Waals surface area contributed by atoms with Crippen LogP contribution in [0.1, 0.15) is 32.6 Å². The fraction of sp³-hybridized carbons (Fsp3) is 0.600. The number of nitrogens with zero attached hydrogens (tertiary/aromatic N) is 1. The highest BCUT2D eigenvalue weighted by atomic mass is 16.5. The van der Waals surface area contributed by atoms with Gasteiger partial charge in [-0.05, 0) is 6.42 Å². The molecule has 9 nitrogen and oxygen atoms in total. The van der Waals surface area contributed by atoms with E-state index in [2.05, 4.69) is 10.1 Å². The highest BCUT2D eigenvalue weighted by Gasteiger charge is 2.51. The van der Waals surface area contributed by atoms with Crippen LogP contribution in [0, 0.1) is 0 Å². The summed E-state index contributed by atoms with van der Waals surface area (Å²) in [6, 6.07) is -1.11. The van der Waals surface area contributed by atoms with Crippen molar-refractivity contribution in [3.63, 3.8) is 0 Å². The minimum Gasteiger partial charge on any atom is -0.477 e. The highest BCUT2D eigenvalue weighted by Crippen LogP contribution is 2.37. The van der Waals surface area contributed by atoms with E-state index in [0.717, 1.165) is 24.9 Å². The summed E-state index contributed by atoms with van der Waals surface area (Å²) >= 11 is 0. The van der Waals surface area contributed by atoms with Crippen LogP contribution < -0.4 is 5.32 Å². The molecule has 2 rings (SSSR count). The third-order valence-corrected chi connectivity index (χ3v) is 4.07. The standard InChI is InChI=1S/C15H20N2O7/c1-3-4-5-24-15(22)16-9-6-8(14(21)23-2)12(13(19)20)17-10(9)7-11(17)18/h9-10H,3-7H2,1-2H3,(H,16,22)(H,19,20)/t9?,10-/m0/s1. The number of carboxylic acids is 1. The normalized spacial score (nSPS) is 22.4. The van der Waals surface area contributed by atoms with Gasteiger partial charge in [-0.15, -0.1) is 0 Å². The Kier molecular flexibility index (Phi) is 5.42. The third kappa shape index (κ3) is 3.34. The second-order valence-corrected chi connectivity index (χ2v) is 5.60. The predicted octanol–water partition coefficient (Wildman–Crippen LogP) is 0.398. The molecular weight excluding hydrogens is 320 g/mol. The smallest absolute Gasteiger partial charge is 0.407 e. The predicted molar refractivity (Wildman–Crippen MR) is 79.7 cm³/mol. The van der Waals surface area contributed by atoms with E-state index >= 15 is 0 Å². The number of nitrogens with one attached hydrogen (secondary N) is 1. The van der Waals surface area contributed by atoms with Crippen molar-refractivity contribution in [3.05, 3.63) is 11.3 Å². The number of ether oxygens (including phenoxy) is 2. The summed E-state index contributed by atoms with van der Waals surface area (Å²) in [7, 11) is 1.13. The van der Waals surface area contributed by atoms with E-state index in [1.54, 1.807) is 0 Å². The molecule has 0 saturated carbocycles. The van der Waals surface area contributed by atoms with Gasteiger partial charge in [-0.25, -0.2) is 14.4 Å². The fourth-order valence-corrected chi connectivity index (χ4v) is 2.84. The lowest BCUT2D eigenvalue weighted by Crippen LogP contribution is -2.65. The summed E-state index contributed by atoms with van der Waals surface area (Å²) < 4.78 is 9.62. The molecule has 2 N–H and O–H groups in total. The number of hydrogen-bond donors (Lipinski definition) is 2. The maximum absolute atomic E-state index is 11.9. The first-order valence-electron chi connectivity index (χ1n) is 7.70. The number of alkyl carbamates (subject to hydrolysis) is 1. The number of aliphatic carboxylic acids is 1. The van der Waals surface area contributed by atoms with Crippen LogP contribution in [0.15, 0.2) is 11.3 Å². The van der Waals surface area contributed by atoms with Gasteiger partial charge >= 0.3 is 18.0 Å². The van der Waals surface area contributed by atoms with E-state index in [9.17, 15) is 24.3 Å². The summed E-state index contributed by atoms with van der Waals surface area (Å²) in [5.41, 5.74) is -0.520. The van der Waals surface area contributed by atoms with Gasteiger partial charge < -0.3 is 19.9 Å². The molecule has 132 valence electrons. The van der Waals surface area contributed by atoms with Crippen LogP contribution >= 0.6 is 0 Å². The largest absolute Gasteiger partial charge is 0.477 e. The Hall–Kier alpha value is -2.58. The molecule has 0 spiro atoms. The van der Waals surface area contributed by atoms with Crippen molar-refractivity contribution < 1.29 is 33.8 Å². The number of rotatable bonds is 6. The van der Waals surface area contributed by atoms with Crippen molar-refractivity contribution >= 4 is 23.9 Å². The number of unbranched alkanes of at least 4 members (excludes halogenated alkanes) is 1. The average Bonchev–Trinajstić information content (AvgIpc) is 2.53. The minimum absolute atomic E-state index is 0.0361. The van der Waals surface area contributed by atoms with Crippen LogP contribution in [0.4, 0.5) is 4.79 Å². The van der Waals surface area contributed by atoms with E-state index < -0.39 is 36.0 Å². The van der Waals surface area contributed by atoms with Crippen molar-refractivity contribution in [3.8, 4) is 0 Å². The van der Waals surface area contributed by atoms with Gasteiger partial charge in [-0.1, -0.05) is 13.3 Å². The molecule has 2 atom stereocenters. The zero-order valence-electron chi connectivity index (χ0n) is 13.5. The molecule has 1 unspecified atom stereocenters. The first kappa shape index (κ1) is 17.8. The second-order valence-electron chi connectivity index (χ2n) is 5.60. The Morgan fingerprint density at radius 2 is 2.04 bits per heavy atom. The van der Waals surface area contributed by atoms with Crippen molar-refractivity contribution in [2.24, 2.45) is 0 Å². The Bertz CT molecular complexity index is 599. The van der Waals surface area contributed by atoms with Crippen LogP contribution in [-0.2, 0) is 23.9 Å². The topological polar surface area (TPSA) is 122 Å².